The van der Waals surface area contributed by atoms with Gasteiger partial charge in [-0.1, -0.05) is 23.8 Å². The Kier molecular flexibility index (Phi) is 8.32. The number of nitrogens with one attached hydrogen (secondary N) is 1. The third-order valence-corrected chi connectivity index (χ3v) is 6.84. The summed E-state index contributed by atoms with van der Waals surface area (Å²) in [6.45, 7) is 1.37. The average molecular weight is 498 g/mol. The Morgan fingerprint density at radius 1 is 0.943 bits per heavy atom. The van der Waals surface area contributed by atoms with Crippen LogP contribution in [-0.2, 0) is 14.8 Å². The number of hydrogen-bond acceptors (Lipinski definition) is 7. The van der Waals surface area contributed by atoms with Crippen LogP contribution in [0.4, 0.5) is 5.69 Å². The van der Waals surface area contributed by atoms with Crippen molar-refractivity contribution < 1.29 is 27.4 Å². The van der Waals surface area contributed by atoms with Crippen molar-refractivity contribution in [1.29, 1.82) is 0 Å². The number of carbonyl (C=O) groups excluding carboxylic acids is 1. The summed E-state index contributed by atoms with van der Waals surface area (Å²) in [5.41, 5.74) is 4.23. The molecule has 184 valence electrons. The van der Waals surface area contributed by atoms with Gasteiger partial charge in [-0.2, -0.15) is 5.10 Å². The molecule has 1 amide bonds. The third-order valence-electron chi connectivity index (χ3n) is 5.05. The van der Waals surface area contributed by atoms with Gasteiger partial charge in [0.15, 0.2) is 11.5 Å². The second-order valence-corrected chi connectivity index (χ2v) is 9.30. The Hall–Kier alpha value is -4.05. The first-order chi connectivity index (χ1) is 16.8. The Balaban J connectivity index is 1.84. The van der Waals surface area contributed by atoms with Crippen LogP contribution < -0.4 is 23.9 Å². The molecule has 3 rings (SSSR count). The molecule has 0 aliphatic carbocycles. The number of anilines is 1. The maximum atomic E-state index is 13.4. The maximum Gasteiger partial charge on any atom is 0.264 e. The van der Waals surface area contributed by atoms with Gasteiger partial charge in [-0.25, -0.2) is 13.8 Å². The summed E-state index contributed by atoms with van der Waals surface area (Å²) in [7, 11) is 0.478. The lowest BCUT2D eigenvalue weighted by atomic mass is 10.2. The molecule has 35 heavy (non-hydrogen) atoms. The van der Waals surface area contributed by atoms with Gasteiger partial charge >= 0.3 is 0 Å². The summed E-state index contributed by atoms with van der Waals surface area (Å²) in [4.78, 5) is 12.8. The van der Waals surface area contributed by atoms with E-state index in [1.807, 2.05) is 6.92 Å². The molecule has 0 aliphatic heterocycles. The highest BCUT2D eigenvalue weighted by Crippen LogP contribution is 2.28. The lowest BCUT2D eigenvalue weighted by Gasteiger charge is -2.24. The van der Waals surface area contributed by atoms with Crippen LogP contribution in [0.3, 0.4) is 0 Å². The van der Waals surface area contributed by atoms with Gasteiger partial charge in [0, 0.05) is 6.07 Å². The van der Waals surface area contributed by atoms with Crippen LogP contribution in [-0.4, -0.2) is 48.4 Å². The zero-order valence-corrected chi connectivity index (χ0v) is 20.7. The molecule has 0 aromatic heterocycles. The van der Waals surface area contributed by atoms with Gasteiger partial charge in [0.2, 0.25) is 0 Å². The van der Waals surface area contributed by atoms with Crippen molar-refractivity contribution >= 4 is 27.8 Å². The Morgan fingerprint density at radius 2 is 1.66 bits per heavy atom. The molecule has 0 spiro atoms. The lowest BCUT2D eigenvalue weighted by Crippen LogP contribution is -2.39. The molecule has 9 nitrogen and oxygen atoms in total. The number of amides is 1. The number of benzene rings is 3. The molecular formula is C25H27N3O6S. The van der Waals surface area contributed by atoms with Crippen molar-refractivity contribution in [2.24, 2.45) is 5.10 Å². The highest BCUT2D eigenvalue weighted by molar-refractivity contribution is 7.92. The molecular weight excluding hydrogens is 470 g/mol. The summed E-state index contributed by atoms with van der Waals surface area (Å²) in [6.07, 6.45) is 1.42. The van der Waals surface area contributed by atoms with Gasteiger partial charge in [0.25, 0.3) is 15.9 Å². The predicted octanol–water partition coefficient (Wildman–Crippen LogP) is 3.37. The van der Waals surface area contributed by atoms with Crippen LogP contribution in [0.5, 0.6) is 17.2 Å². The number of aryl methyl sites for hydroxylation is 1. The molecule has 0 saturated carbocycles. The van der Waals surface area contributed by atoms with Crippen molar-refractivity contribution in [2.45, 2.75) is 11.8 Å². The molecule has 0 unspecified atom stereocenters. The minimum absolute atomic E-state index is 0.0625. The van der Waals surface area contributed by atoms with E-state index >= 15 is 0 Å². The van der Waals surface area contributed by atoms with Crippen molar-refractivity contribution in [3.8, 4) is 17.2 Å². The molecule has 3 aromatic rings. The number of methoxy groups -OCH3 is 3. The van der Waals surface area contributed by atoms with Gasteiger partial charge < -0.3 is 14.2 Å². The number of hydrogen-bond donors (Lipinski definition) is 1. The summed E-state index contributed by atoms with van der Waals surface area (Å²) >= 11 is 0. The first kappa shape index (κ1) is 25.6. The maximum absolute atomic E-state index is 13.4. The SMILES string of the molecule is COc1cccc(N(CC(=O)N/N=C\c2ccc(OC)c(OC)c2)S(=O)(=O)c2ccc(C)cc2)c1. The fraction of sp³-hybridized carbons (Fsp3) is 0.200. The highest BCUT2D eigenvalue weighted by Gasteiger charge is 2.27. The second-order valence-electron chi connectivity index (χ2n) is 7.43. The largest absolute Gasteiger partial charge is 0.497 e. The quantitative estimate of drug-likeness (QED) is 0.340. The van der Waals surface area contributed by atoms with Crippen molar-refractivity contribution in [2.75, 3.05) is 32.2 Å². The highest BCUT2D eigenvalue weighted by atomic mass is 32.2. The number of sulfonamides is 1. The molecule has 0 bridgehead atoms. The predicted molar refractivity (Wildman–Crippen MR) is 134 cm³/mol. The Labute approximate surface area is 205 Å². The van der Waals surface area contributed by atoms with E-state index in [4.69, 9.17) is 14.2 Å². The molecule has 1 N–H and O–H groups in total. The second kappa shape index (κ2) is 11.4. The van der Waals surface area contributed by atoms with Crippen LogP contribution in [0.25, 0.3) is 0 Å². The fourth-order valence-corrected chi connectivity index (χ4v) is 4.61. The van der Waals surface area contributed by atoms with Gasteiger partial charge in [0.05, 0.1) is 38.1 Å². The smallest absolute Gasteiger partial charge is 0.264 e. The molecule has 0 aliphatic rings. The zero-order chi connectivity index (χ0) is 25.4. The van der Waals surface area contributed by atoms with Crippen LogP contribution in [0.1, 0.15) is 11.1 Å². The number of carbonyl (C=O) groups is 1. The minimum Gasteiger partial charge on any atom is -0.497 e. The topological polar surface area (TPSA) is 107 Å². The zero-order valence-electron chi connectivity index (χ0n) is 19.9. The minimum atomic E-state index is -4.05. The third kappa shape index (κ3) is 6.30. The Morgan fingerprint density at radius 3 is 2.31 bits per heavy atom. The van der Waals surface area contributed by atoms with Crippen LogP contribution in [0.15, 0.2) is 76.7 Å². The summed E-state index contributed by atoms with van der Waals surface area (Å²) in [6, 6.07) is 18.0. The summed E-state index contributed by atoms with van der Waals surface area (Å²) in [5.74, 6) is 0.902. The first-order valence-electron chi connectivity index (χ1n) is 10.6. The van der Waals surface area contributed by atoms with E-state index in [2.05, 4.69) is 10.5 Å². The van der Waals surface area contributed by atoms with Gasteiger partial charge in [-0.15, -0.1) is 0 Å². The fourth-order valence-electron chi connectivity index (χ4n) is 3.20. The van der Waals surface area contributed by atoms with E-state index < -0.39 is 22.5 Å². The van der Waals surface area contributed by atoms with E-state index in [9.17, 15) is 13.2 Å². The van der Waals surface area contributed by atoms with Gasteiger partial charge in [-0.05, 0) is 55.0 Å². The molecule has 0 atom stereocenters. The molecule has 0 heterocycles. The number of ether oxygens (including phenoxy) is 3. The van der Waals surface area contributed by atoms with Crippen LogP contribution >= 0.6 is 0 Å². The average Bonchev–Trinajstić information content (AvgIpc) is 2.87. The number of rotatable bonds is 10. The first-order valence-corrected chi connectivity index (χ1v) is 12.0. The molecule has 0 radical (unpaired) electrons. The van der Waals surface area contributed by atoms with E-state index in [0.29, 0.717) is 22.8 Å². The van der Waals surface area contributed by atoms with Crippen molar-refractivity contribution in [1.82, 2.24) is 5.43 Å². The van der Waals surface area contributed by atoms with E-state index in [0.717, 1.165) is 9.87 Å². The lowest BCUT2D eigenvalue weighted by molar-refractivity contribution is -0.119. The molecule has 10 heteroatoms. The van der Waals surface area contributed by atoms with E-state index in [-0.39, 0.29) is 10.6 Å². The van der Waals surface area contributed by atoms with Crippen molar-refractivity contribution in [3.63, 3.8) is 0 Å². The Bertz CT molecular complexity index is 1310. The number of nitrogens with zero attached hydrogens (tertiary/aromatic N) is 2. The van der Waals surface area contributed by atoms with Crippen LogP contribution in [0, 0.1) is 6.92 Å². The van der Waals surface area contributed by atoms with E-state index in [1.165, 1.54) is 39.7 Å². The summed E-state index contributed by atoms with van der Waals surface area (Å²) < 4.78 is 43.6. The van der Waals surface area contributed by atoms with Crippen molar-refractivity contribution in [3.05, 3.63) is 77.9 Å². The van der Waals surface area contributed by atoms with Gasteiger partial charge in [0.1, 0.15) is 12.3 Å². The van der Waals surface area contributed by atoms with Gasteiger partial charge in [-0.3, -0.25) is 9.10 Å². The van der Waals surface area contributed by atoms with E-state index in [1.54, 1.807) is 54.6 Å². The number of hydrazone groups is 1. The normalized spacial score (nSPS) is 11.2. The molecule has 0 saturated heterocycles. The molecule has 0 fully saturated rings. The monoisotopic (exact) mass is 497 g/mol. The standard InChI is InChI=1S/C25H27N3O6S/c1-18-8-11-22(12-9-18)35(30,31)28(20-6-5-7-21(15-20)32-2)17-25(29)27-26-16-19-10-13-23(33-3)24(14-19)34-4/h5-16H,17H2,1-4H3,(H,27,29)/b26-16-. The van der Waals surface area contributed by atoms with Crippen LogP contribution in [0.2, 0.25) is 0 Å². The summed E-state index contributed by atoms with van der Waals surface area (Å²) in [5, 5.41) is 3.95. The molecule has 3 aromatic carbocycles.